The molecular weight excluding hydrogens is 371 g/mol. The third-order valence-corrected chi connectivity index (χ3v) is 5.68. The largest absolute Gasteiger partial charge is 0.139 e. The first-order valence-corrected chi connectivity index (χ1v) is 10.7. The van der Waals surface area contributed by atoms with Gasteiger partial charge in [-0.15, -0.1) is 0 Å². The zero-order chi connectivity index (χ0) is 21.0. The van der Waals surface area contributed by atoms with Crippen LogP contribution in [0, 0.1) is 0 Å². The zero-order valence-corrected chi connectivity index (χ0v) is 17.6. The van der Waals surface area contributed by atoms with Crippen LogP contribution in [-0.4, -0.2) is 7.85 Å². The Bertz CT molecular complexity index is 1220. The maximum atomic E-state index is 2.31. The van der Waals surface area contributed by atoms with E-state index >= 15 is 0 Å². The summed E-state index contributed by atoms with van der Waals surface area (Å²) in [6, 6.07) is 45.6. The maximum Gasteiger partial charge on any atom is 0.139 e. The summed E-state index contributed by atoms with van der Waals surface area (Å²) in [4.78, 5) is 0. The molecular formula is C30H23B. The Morgan fingerprint density at radius 2 is 0.613 bits per heavy atom. The molecule has 0 saturated heterocycles. The van der Waals surface area contributed by atoms with Crippen LogP contribution < -0.4 is 5.46 Å². The van der Waals surface area contributed by atoms with Gasteiger partial charge in [0.2, 0.25) is 0 Å². The summed E-state index contributed by atoms with van der Waals surface area (Å²) in [5.74, 6) is 0. The third-order valence-electron chi connectivity index (χ3n) is 5.68. The molecule has 0 heterocycles. The van der Waals surface area contributed by atoms with Gasteiger partial charge in [0.15, 0.2) is 0 Å². The fourth-order valence-corrected chi connectivity index (χ4v) is 4.13. The molecule has 5 aromatic rings. The van der Waals surface area contributed by atoms with E-state index in [0.29, 0.717) is 0 Å². The molecule has 0 atom stereocenters. The number of hydrogen-bond acceptors (Lipinski definition) is 0. The Kier molecular flexibility index (Phi) is 5.25. The van der Waals surface area contributed by atoms with Gasteiger partial charge in [0.1, 0.15) is 7.85 Å². The minimum atomic E-state index is 1.24. The van der Waals surface area contributed by atoms with Gasteiger partial charge in [0.25, 0.3) is 0 Å². The van der Waals surface area contributed by atoms with Crippen LogP contribution in [0.15, 0.2) is 127 Å². The molecule has 5 rings (SSSR count). The smallest absolute Gasteiger partial charge is 0.0877 e. The first kappa shape index (κ1) is 19.1. The maximum absolute atomic E-state index is 2.31. The zero-order valence-electron chi connectivity index (χ0n) is 17.6. The molecule has 0 aromatic heterocycles. The highest BCUT2D eigenvalue weighted by molar-refractivity contribution is 6.33. The SMILES string of the molecule is Bc1cc(-c2cccc(-c3ccccc3)c2)cc(-c2cccc(-c3ccccc3)c2)c1. The van der Waals surface area contributed by atoms with Crippen molar-refractivity contribution in [3.05, 3.63) is 127 Å². The van der Waals surface area contributed by atoms with Gasteiger partial charge in [0, 0.05) is 0 Å². The number of rotatable bonds is 4. The first-order chi connectivity index (χ1) is 15.3. The van der Waals surface area contributed by atoms with Gasteiger partial charge in [-0.05, 0) is 62.7 Å². The molecule has 5 aromatic carbocycles. The minimum Gasteiger partial charge on any atom is -0.0877 e. The lowest BCUT2D eigenvalue weighted by atomic mass is 9.87. The highest BCUT2D eigenvalue weighted by Gasteiger charge is 2.07. The summed E-state index contributed by atoms with van der Waals surface area (Å²) in [6.07, 6.45) is 0. The molecule has 0 saturated carbocycles. The van der Waals surface area contributed by atoms with Crippen molar-refractivity contribution >= 4 is 13.3 Å². The Balaban J connectivity index is 1.56. The quantitative estimate of drug-likeness (QED) is 0.301. The molecule has 31 heavy (non-hydrogen) atoms. The summed E-state index contributed by atoms with van der Waals surface area (Å²) in [6.45, 7) is 0. The van der Waals surface area contributed by atoms with Crippen LogP contribution >= 0.6 is 0 Å². The second-order valence-electron chi connectivity index (χ2n) is 7.98. The number of benzene rings is 5. The van der Waals surface area contributed by atoms with Gasteiger partial charge in [-0.2, -0.15) is 0 Å². The molecule has 0 nitrogen and oxygen atoms in total. The van der Waals surface area contributed by atoms with Gasteiger partial charge in [-0.25, -0.2) is 0 Å². The molecule has 0 aliphatic heterocycles. The van der Waals surface area contributed by atoms with Gasteiger partial charge in [-0.3, -0.25) is 0 Å². The van der Waals surface area contributed by atoms with Crippen molar-refractivity contribution in [2.24, 2.45) is 0 Å². The van der Waals surface area contributed by atoms with E-state index < -0.39 is 0 Å². The van der Waals surface area contributed by atoms with Crippen LogP contribution in [0.4, 0.5) is 0 Å². The van der Waals surface area contributed by atoms with Crippen molar-refractivity contribution in [3.63, 3.8) is 0 Å². The van der Waals surface area contributed by atoms with E-state index in [-0.39, 0.29) is 0 Å². The molecule has 0 radical (unpaired) electrons. The molecule has 0 amide bonds. The average Bonchev–Trinajstić information content (AvgIpc) is 2.85. The molecule has 0 aliphatic rings. The van der Waals surface area contributed by atoms with Crippen LogP contribution in [-0.2, 0) is 0 Å². The van der Waals surface area contributed by atoms with Gasteiger partial charge in [-0.1, -0.05) is 115 Å². The molecule has 146 valence electrons. The van der Waals surface area contributed by atoms with Crippen LogP contribution in [0.25, 0.3) is 44.5 Å². The lowest BCUT2D eigenvalue weighted by molar-refractivity contribution is 1.57. The van der Waals surface area contributed by atoms with Crippen molar-refractivity contribution in [2.45, 2.75) is 0 Å². The predicted octanol–water partition coefficient (Wildman–Crippen LogP) is 6.61. The van der Waals surface area contributed by atoms with E-state index in [9.17, 15) is 0 Å². The highest BCUT2D eigenvalue weighted by atomic mass is 14.1. The van der Waals surface area contributed by atoms with E-state index in [0.717, 1.165) is 0 Å². The van der Waals surface area contributed by atoms with E-state index in [4.69, 9.17) is 0 Å². The Morgan fingerprint density at radius 3 is 1.03 bits per heavy atom. The Hall–Kier alpha value is -3.84. The van der Waals surface area contributed by atoms with E-state index in [1.807, 2.05) is 0 Å². The van der Waals surface area contributed by atoms with Gasteiger partial charge in [0.05, 0.1) is 0 Å². The van der Waals surface area contributed by atoms with Crippen LogP contribution in [0.5, 0.6) is 0 Å². The van der Waals surface area contributed by atoms with Crippen molar-refractivity contribution in [1.29, 1.82) is 0 Å². The van der Waals surface area contributed by atoms with Gasteiger partial charge < -0.3 is 0 Å². The summed E-state index contributed by atoms with van der Waals surface area (Å²) >= 11 is 0. The molecule has 0 aliphatic carbocycles. The van der Waals surface area contributed by atoms with E-state index in [2.05, 4.69) is 135 Å². The Morgan fingerprint density at radius 1 is 0.290 bits per heavy atom. The molecule has 0 bridgehead atoms. The Labute approximate surface area is 185 Å². The fourth-order valence-electron chi connectivity index (χ4n) is 4.13. The normalized spacial score (nSPS) is 10.7. The van der Waals surface area contributed by atoms with Crippen molar-refractivity contribution < 1.29 is 0 Å². The standard InChI is InChI=1S/C30H23B/c31-30-20-28(26-15-7-13-24(17-26)22-9-3-1-4-10-22)19-29(21-30)27-16-8-14-25(18-27)23-11-5-2-6-12-23/h1-21H,31H2. The van der Waals surface area contributed by atoms with Crippen molar-refractivity contribution in [3.8, 4) is 44.5 Å². The van der Waals surface area contributed by atoms with Crippen LogP contribution in [0.3, 0.4) is 0 Å². The molecule has 0 N–H and O–H groups in total. The van der Waals surface area contributed by atoms with E-state index in [1.54, 1.807) is 0 Å². The van der Waals surface area contributed by atoms with E-state index in [1.165, 1.54) is 50.0 Å². The highest BCUT2D eigenvalue weighted by Crippen LogP contribution is 2.31. The first-order valence-electron chi connectivity index (χ1n) is 10.7. The lowest BCUT2D eigenvalue weighted by Crippen LogP contribution is -2.02. The second kappa shape index (κ2) is 8.49. The minimum absolute atomic E-state index is 1.24. The fraction of sp³-hybridized carbons (Fsp3) is 0. The van der Waals surface area contributed by atoms with Crippen LogP contribution in [0.1, 0.15) is 0 Å². The average molecular weight is 394 g/mol. The number of hydrogen-bond donors (Lipinski definition) is 0. The summed E-state index contributed by atoms with van der Waals surface area (Å²) in [7, 11) is 2.18. The molecule has 1 heteroatoms. The predicted molar refractivity (Wildman–Crippen MR) is 136 cm³/mol. The summed E-state index contributed by atoms with van der Waals surface area (Å²) < 4.78 is 0. The van der Waals surface area contributed by atoms with Crippen LogP contribution in [0.2, 0.25) is 0 Å². The lowest BCUT2D eigenvalue weighted by Gasteiger charge is -2.11. The topological polar surface area (TPSA) is 0 Å². The molecule has 0 spiro atoms. The van der Waals surface area contributed by atoms with Crippen molar-refractivity contribution in [2.75, 3.05) is 0 Å². The summed E-state index contributed by atoms with van der Waals surface area (Å²) in [5, 5.41) is 0. The van der Waals surface area contributed by atoms with Gasteiger partial charge >= 0.3 is 0 Å². The van der Waals surface area contributed by atoms with Crippen molar-refractivity contribution in [1.82, 2.24) is 0 Å². The molecule has 0 fully saturated rings. The second-order valence-corrected chi connectivity index (χ2v) is 7.98. The molecule has 0 unspecified atom stereocenters. The summed E-state index contributed by atoms with van der Waals surface area (Å²) in [5.41, 5.74) is 11.2. The monoisotopic (exact) mass is 394 g/mol. The third kappa shape index (κ3) is 4.22.